The summed E-state index contributed by atoms with van der Waals surface area (Å²) in [6.07, 6.45) is 3.29. The molecule has 2 aromatic rings. The second-order valence-corrected chi connectivity index (χ2v) is 5.18. The molecule has 0 saturated carbocycles. The average Bonchev–Trinajstić information content (AvgIpc) is 3.00. The molecule has 1 aliphatic carbocycles. The van der Waals surface area contributed by atoms with E-state index in [1.807, 2.05) is 24.3 Å². The van der Waals surface area contributed by atoms with Gasteiger partial charge in [-0.05, 0) is 48.6 Å². The number of carbonyl (C=O) groups excluding carboxylic acids is 1. The topological polar surface area (TPSA) is 50.1 Å². The summed E-state index contributed by atoms with van der Waals surface area (Å²) in [6.45, 7) is 0.125. The summed E-state index contributed by atoms with van der Waals surface area (Å²) in [7, 11) is 0. The summed E-state index contributed by atoms with van der Waals surface area (Å²) in [4.78, 5) is 12.1. The van der Waals surface area contributed by atoms with Crippen molar-refractivity contribution in [2.24, 2.45) is 0 Å². The van der Waals surface area contributed by atoms with E-state index < -0.39 is 0 Å². The van der Waals surface area contributed by atoms with Gasteiger partial charge < -0.3 is 4.74 Å². The van der Waals surface area contributed by atoms with Crippen LogP contribution in [0.4, 0.5) is 0 Å². The zero-order chi connectivity index (χ0) is 14.7. The molecule has 0 aliphatic heterocycles. The smallest absolute Gasteiger partial charge is 0.338 e. The lowest BCUT2D eigenvalue weighted by Crippen LogP contribution is -2.06. The number of rotatable bonds is 3. The van der Waals surface area contributed by atoms with Gasteiger partial charge in [0.1, 0.15) is 6.61 Å². The van der Waals surface area contributed by atoms with Gasteiger partial charge in [-0.1, -0.05) is 24.3 Å². The molecule has 0 saturated heterocycles. The van der Waals surface area contributed by atoms with Gasteiger partial charge in [0.2, 0.25) is 0 Å². The number of ether oxygens (including phenoxy) is 1. The van der Waals surface area contributed by atoms with E-state index in [9.17, 15) is 4.79 Å². The fourth-order valence-corrected chi connectivity index (χ4v) is 2.68. The molecular formula is C18H15NO2. The Hall–Kier alpha value is -2.60. The maximum absolute atomic E-state index is 12.1. The molecule has 0 amide bonds. The quantitative estimate of drug-likeness (QED) is 0.808. The summed E-state index contributed by atoms with van der Waals surface area (Å²) in [5.41, 5.74) is 4.45. The Morgan fingerprint density at radius 3 is 2.81 bits per heavy atom. The van der Waals surface area contributed by atoms with Crippen LogP contribution in [0, 0.1) is 11.3 Å². The molecule has 0 heterocycles. The summed E-state index contributed by atoms with van der Waals surface area (Å²) in [6, 6.07) is 15.0. The molecule has 21 heavy (non-hydrogen) atoms. The summed E-state index contributed by atoms with van der Waals surface area (Å²) in [5, 5.41) is 9.02. The first-order chi connectivity index (χ1) is 10.3. The van der Waals surface area contributed by atoms with Crippen molar-refractivity contribution in [1.29, 1.82) is 5.26 Å². The van der Waals surface area contributed by atoms with E-state index in [-0.39, 0.29) is 12.6 Å². The van der Waals surface area contributed by atoms with Gasteiger partial charge in [0.15, 0.2) is 0 Å². The molecular weight excluding hydrogens is 262 g/mol. The van der Waals surface area contributed by atoms with Gasteiger partial charge in [0, 0.05) is 5.56 Å². The van der Waals surface area contributed by atoms with Crippen molar-refractivity contribution in [3.63, 3.8) is 0 Å². The van der Waals surface area contributed by atoms with Crippen LogP contribution in [0.25, 0.3) is 0 Å². The molecule has 0 unspecified atom stereocenters. The minimum absolute atomic E-state index is 0.125. The Bertz CT molecular complexity index is 728. The predicted octanol–water partition coefficient (Wildman–Crippen LogP) is 3.40. The fraction of sp³-hybridized carbons (Fsp3) is 0.222. The minimum Gasteiger partial charge on any atom is -0.457 e. The average molecular weight is 277 g/mol. The van der Waals surface area contributed by atoms with E-state index in [1.165, 1.54) is 11.1 Å². The van der Waals surface area contributed by atoms with Gasteiger partial charge in [0.05, 0.1) is 17.2 Å². The van der Waals surface area contributed by atoms with Crippen LogP contribution in [-0.2, 0) is 24.2 Å². The fourth-order valence-electron chi connectivity index (χ4n) is 2.68. The number of fused-ring (bicyclic) bond motifs is 1. The van der Waals surface area contributed by atoms with E-state index in [4.69, 9.17) is 10.00 Å². The highest BCUT2D eigenvalue weighted by Crippen LogP contribution is 2.23. The second kappa shape index (κ2) is 5.80. The summed E-state index contributed by atoms with van der Waals surface area (Å²) in [5.74, 6) is -0.336. The van der Waals surface area contributed by atoms with Crippen LogP contribution in [0.3, 0.4) is 0 Å². The number of carbonyl (C=O) groups is 1. The van der Waals surface area contributed by atoms with Crippen LogP contribution in [0.1, 0.15) is 39.0 Å². The molecule has 1 aliphatic rings. The van der Waals surface area contributed by atoms with Crippen LogP contribution in [0.15, 0.2) is 42.5 Å². The maximum Gasteiger partial charge on any atom is 0.338 e. The largest absolute Gasteiger partial charge is 0.457 e. The molecule has 2 aromatic carbocycles. The normalized spacial score (nSPS) is 12.5. The summed E-state index contributed by atoms with van der Waals surface area (Å²) < 4.78 is 5.33. The summed E-state index contributed by atoms with van der Waals surface area (Å²) >= 11 is 0. The first-order valence-corrected chi connectivity index (χ1v) is 7.05. The van der Waals surface area contributed by atoms with Crippen LogP contribution in [-0.4, -0.2) is 5.97 Å². The maximum atomic E-state index is 12.1. The molecule has 0 atom stereocenters. The van der Waals surface area contributed by atoms with Crippen molar-refractivity contribution in [3.8, 4) is 6.07 Å². The number of nitriles is 1. The van der Waals surface area contributed by atoms with E-state index >= 15 is 0 Å². The van der Waals surface area contributed by atoms with Gasteiger partial charge in [-0.15, -0.1) is 0 Å². The van der Waals surface area contributed by atoms with Crippen LogP contribution in [0.2, 0.25) is 0 Å². The Morgan fingerprint density at radius 2 is 1.95 bits per heavy atom. The van der Waals surface area contributed by atoms with Crippen LogP contribution in [0.5, 0.6) is 0 Å². The third-order valence-electron chi connectivity index (χ3n) is 3.83. The highest BCUT2D eigenvalue weighted by Gasteiger charge is 2.15. The first-order valence-electron chi connectivity index (χ1n) is 7.05. The molecule has 0 fully saturated rings. The van der Waals surface area contributed by atoms with Crippen molar-refractivity contribution in [3.05, 3.63) is 70.3 Å². The van der Waals surface area contributed by atoms with Gasteiger partial charge in [0.25, 0.3) is 0 Å². The Morgan fingerprint density at radius 1 is 1.14 bits per heavy atom. The van der Waals surface area contributed by atoms with Gasteiger partial charge in [-0.3, -0.25) is 0 Å². The zero-order valence-corrected chi connectivity index (χ0v) is 11.6. The van der Waals surface area contributed by atoms with E-state index in [1.54, 1.807) is 18.2 Å². The van der Waals surface area contributed by atoms with Gasteiger partial charge in [-0.25, -0.2) is 4.79 Å². The van der Waals surface area contributed by atoms with Crippen molar-refractivity contribution >= 4 is 5.97 Å². The Labute approximate surface area is 123 Å². The number of hydrogen-bond acceptors (Lipinski definition) is 3. The molecule has 0 radical (unpaired) electrons. The van der Waals surface area contributed by atoms with E-state index in [0.29, 0.717) is 11.1 Å². The van der Waals surface area contributed by atoms with Gasteiger partial charge in [-0.2, -0.15) is 5.26 Å². The van der Waals surface area contributed by atoms with Crippen LogP contribution < -0.4 is 0 Å². The Balaban J connectivity index is 1.71. The number of hydrogen-bond donors (Lipinski definition) is 0. The molecule has 3 heteroatoms. The molecule has 0 bridgehead atoms. The lowest BCUT2D eigenvalue weighted by atomic mass is 10.1. The lowest BCUT2D eigenvalue weighted by Gasteiger charge is -2.07. The highest BCUT2D eigenvalue weighted by atomic mass is 16.5. The van der Waals surface area contributed by atoms with Crippen molar-refractivity contribution < 1.29 is 9.53 Å². The number of aryl methyl sites for hydroxylation is 2. The monoisotopic (exact) mass is 277 g/mol. The lowest BCUT2D eigenvalue weighted by molar-refractivity contribution is 0.0472. The molecule has 0 spiro atoms. The SMILES string of the molecule is N#Cc1ccccc1COC(=O)c1ccc2c(c1)CCC2. The second-order valence-electron chi connectivity index (χ2n) is 5.18. The molecule has 0 N–H and O–H groups in total. The van der Waals surface area contributed by atoms with Crippen molar-refractivity contribution in [2.75, 3.05) is 0 Å². The molecule has 3 nitrogen and oxygen atoms in total. The first kappa shape index (κ1) is 13.4. The molecule has 3 rings (SSSR count). The molecule has 104 valence electrons. The van der Waals surface area contributed by atoms with E-state index in [2.05, 4.69) is 6.07 Å². The standard InChI is InChI=1S/C18H15NO2/c19-11-16-4-1-2-5-17(16)12-21-18(20)15-9-8-13-6-3-7-14(13)10-15/h1-2,4-5,8-10H,3,6-7,12H2. The van der Waals surface area contributed by atoms with Gasteiger partial charge >= 0.3 is 5.97 Å². The number of benzene rings is 2. The number of nitrogens with zero attached hydrogens (tertiary/aromatic N) is 1. The third-order valence-corrected chi connectivity index (χ3v) is 3.83. The molecule has 0 aromatic heterocycles. The van der Waals surface area contributed by atoms with Crippen molar-refractivity contribution in [1.82, 2.24) is 0 Å². The van der Waals surface area contributed by atoms with Crippen LogP contribution >= 0.6 is 0 Å². The minimum atomic E-state index is -0.336. The zero-order valence-electron chi connectivity index (χ0n) is 11.6. The third kappa shape index (κ3) is 2.80. The number of esters is 1. The predicted molar refractivity (Wildman–Crippen MR) is 78.7 cm³/mol. The van der Waals surface area contributed by atoms with E-state index in [0.717, 1.165) is 24.8 Å². The highest BCUT2D eigenvalue weighted by molar-refractivity contribution is 5.89. The van der Waals surface area contributed by atoms with Crippen molar-refractivity contribution in [2.45, 2.75) is 25.9 Å². The Kier molecular flexibility index (Phi) is 3.70.